The highest BCUT2D eigenvalue weighted by Gasteiger charge is 2.12. The van der Waals surface area contributed by atoms with Crippen LogP contribution in [0.2, 0.25) is 0 Å². The van der Waals surface area contributed by atoms with E-state index >= 15 is 0 Å². The van der Waals surface area contributed by atoms with Crippen LogP contribution >= 0.6 is 0 Å². The van der Waals surface area contributed by atoms with Crippen LogP contribution in [0.25, 0.3) is 0 Å². The lowest BCUT2D eigenvalue weighted by molar-refractivity contribution is -0.119. The van der Waals surface area contributed by atoms with E-state index in [1.165, 1.54) is 24.9 Å². The summed E-state index contributed by atoms with van der Waals surface area (Å²) in [4.78, 5) is 28.5. The van der Waals surface area contributed by atoms with Gasteiger partial charge in [0.15, 0.2) is 6.61 Å². The van der Waals surface area contributed by atoms with E-state index in [1.807, 2.05) is 55.4 Å². The SMILES string of the molecule is CN(C)c1ccc(C(=O)OCC(=O)Nc2ccc(N3CCCCC3)cc2)cc1. The Hall–Kier alpha value is -3.02. The molecule has 1 N–H and O–H groups in total. The quantitative estimate of drug-likeness (QED) is 0.776. The van der Waals surface area contributed by atoms with Crippen molar-refractivity contribution in [3.63, 3.8) is 0 Å². The minimum Gasteiger partial charge on any atom is -0.452 e. The molecule has 6 nitrogen and oxygen atoms in total. The summed E-state index contributed by atoms with van der Waals surface area (Å²) in [5.41, 5.74) is 3.27. The van der Waals surface area contributed by atoms with Gasteiger partial charge < -0.3 is 19.9 Å². The molecule has 28 heavy (non-hydrogen) atoms. The van der Waals surface area contributed by atoms with Crippen molar-refractivity contribution in [1.29, 1.82) is 0 Å². The minimum atomic E-state index is -0.513. The Morgan fingerprint density at radius 2 is 1.61 bits per heavy atom. The van der Waals surface area contributed by atoms with Gasteiger partial charge in [-0.05, 0) is 67.8 Å². The molecule has 0 atom stereocenters. The van der Waals surface area contributed by atoms with Crippen molar-refractivity contribution in [2.75, 3.05) is 48.9 Å². The van der Waals surface area contributed by atoms with Crippen LogP contribution in [0.4, 0.5) is 17.1 Å². The molecule has 0 saturated carbocycles. The van der Waals surface area contributed by atoms with Crippen molar-refractivity contribution < 1.29 is 14.3 Å². The van der Waals surface area contributed by atoms with Crippen LogP contribution in [0.1, 0.15) is 29.6 Å². The Bertz CT molecular complexity index is 795. The molecular formula is C22H27N3O3. The average molecular weight is 381 g/mol. The molecular weight excluding hydrogens is 354 g/mol. The molecule has 0 bridgehead atoms. The number of piperidine rings is 1. The van der Waals surface area contributed by atoms with Crippen molar-refractivity contribution in [1.82, 2.24) is 0 Å². The number of nitrogens with zero attached hydrogens (tertiary/aromatic N) is 2. The topological polar surface area (TPSA) is 61.9 Å². The number of ether oxygens (including phenoxy) is 1. The zero-order chi connectivity index (χ0) is 19.9. The van der Waals surface area contributed by atoms with Crippen molar-refractivity contribution in [2.24, 2.45) is 0 Å². The van der Waals surface area contributed by atoms with Gasteiger partial charge in [0.25, 0.3) is 5.91 Å². The summed E-state index contributed by atoms with van der Waals surface area (Å²) < 4.78 is 5.11. The van der Waals surface area contributed by atoms with Crippen LogP contribution in [-0.4, -0.2) is 45.7 Å². The monoisotopic (exact) mass is 381 g/mol. The Kier molecular flexibility index (Phi) is 6.53. The summed E-state index contributed by atoms with van der Waals surface area (Å²) >= 11 is 0. The van der Waals surface area contributed by atoms with Crippen LogP contribution in [-0.2, 0) is 9.53 Å². The number of hydrogen-bond donors (Lipinski definition) is 1. The fourth-order valence-electron chi connectivity index (χ4n) is 3.21. The molecule has 1 amide bonds. The number of carbonyl (C=O) groups excluding carboxylic acids is 2. The molecule has 2 aromatic carbocycles. The van der Waals surface area contributed by atoms with E-state index in [0.717, 1.165) is 18.8 Å². The number of benzene rings is 2. The molecule has 0 unspecified atom stereocenters. The fourth-order valence-corrected chi connectivity index (χ4v) is 3.21. The molecule has 1 fully saturated rings. The van der Waals surface area contributed by atoms with Crippen LogP contribution in [0.15, 0.2) is 48.5 Å². The van der Waals surface area contributed by atoms with E-state index in [9.17, 15) is 9.59 Å². The second kappa shape index (κ2) is 9.26. The van der Waals surface area contributed by atoms with Crippen molar-refractivity contribution >= 4 is 28.9 Å². The highest BCUT2D eigenvalue weighted by atomic mass is 16.5. The number of carbonyl (C=O) groups is 2. The van der Waals surface area contributed by atoms with Gasteiger partial charge in [-0.25, -0.2) is 4.79 Å². The van der Waals surface area contributed by atoms with Crippen LogP contribution in [0.3, 0.4) is 0 Å². The van der Waals surface area contributed by atoms with E-state index in [0.29, 0.717) is 11.3 Å². The van der Waals surface area contributed by atoms with E-state index in [1.54, 1.807) is 12.1 Å². The molecule has 1 saturated heterocycles. The van der Waals surface area contributed by atoms with Crippen LogP contribution < -0.4 is 15.1 Å². The molecule has 1 aliphatic rings. The van der Waals surface area contributed by atoms with E-state index in [2.05, 4.69) is 10.2 Å². The predicted octanol–water partition coefficient (Wildman–Crippen LogP) is 3.54. The van der Waals surface area contributed by atoms with Gasteiger partial charge in [0.2, 0.25) is 0 Å². The summed E-state index contributed by atoms with van der Waals surface area (Å²) in [6.07, 6.45) is 3.74. The Morgan fingerprint density at radius 1 is 0.964 bits per heavy atom. The largest absolute Gasteiger partial charge is 0.452 e. The lowest BCUT2D eigenvalue weighted by Crippen LogP contribution is -2.29. The Balaban J connectivity index is 1.47. The maximum absolute atomic E-state index is 12.1. The molecule has 2 aromatic rings. The zero-order valence-corrected chi connectivity index (χ0v) is 16.5. The standard InChI is InChI=1S/C22H27N3O3/c1-24(2)19-10-6-17(7-11-19)22(27)28-16-21(26)23-18-8-12-20(13-9-18)25-14-4-3-5-15-25/h6-13H,3-5,14-16H2,1-2H3,(H,23,26). The van der Waals surface area contributed by atoms with Crippen molar-refractivity contribution in [3.8, 4) is 0 Å². The van der Waals surface area contributed by atoms with E-state index in [-0.39, 0.29) is 12.5 Å². The summed E-state index contributed by atoms with van der Waals surface area (Å²) in [7, 11) is 3.85. The molecule has 0 aromatic heterocycles. The maximum atomic E-state index is 12.1. The minimum absolute atomic E-state index is 0.317. The lowest BCUT2D eigenvalue weighted by Gasteiger charge is -2.28. The number of amides is 1. The molecule has 1 heterocycles. The van der Waals surface area contributed by atoms with Gasteiger partial charge >= 0.3 is 5.97 Å². The van der Waals surface area contributed by atoms with Gasteiger partial charge in [-0.3, -0.25) is 4.79 Å². The van der Waals surface area contributed by atoms with E-state index in [4.69, 9.17) is 4.74 Å². The number of hydrogen-bond acceptors (Lipinski definition) is 5. The third-order valence-corrected chi connectivity index (χ3v) is 4.83. The van der Waals surface area contributed by atoms with Crippen LogP contribution in [0, 0.1) is 0 Å². The van der Waals surface area contributed by atoms with Gasteiger partial charge in [0.1, 0.15) is 0 Å². The fraction of sp³-hybridized carbons (Fsp3) is 0.364. The molecule has 3 rings (SSSR count). The molecule has 0 spiro atoms. The Morgan fingerprint density at radius 3 is 2.21 bits per heavy atom. The highest BCUT2D eigenvalue weighted by molar-refractivity contribution is 5.95. The highest BCUT2D eigenvalue weighted by Crippen LogP contribution is 2.21. The van der Waals surface area contributed by atoms with Gasteiger partial charge in [-0.15, -0.1) is 0 Å². The van der Waals surface area contributed by atoms with Gasteiger partial charge in [-0.2, -0.15) is 0 Å². The van der Waals surface area contributed by atoms with E-state index < -0.39 is 5.97 Å². The second-order valence-electron chi connectivity index (χ2n) is 7.16. The first kappa shape index (κ1) is 19.7. The summed E-state index contributed by atoms with van der Waals surface area (Å²) in [5, 5.41) is 2.76. The van der Waals surface area contributed by atoms with Crippen molar-refractivity contribution in [3.05, 3.63) is 54.1 Å². The van der Waals surface area contributed by atoms with Gasteiger partial charge in [-0.1, -0.05) is 0 Å². The summed E-state index contributed by atoms with van der Waals surface area (Å²) in [6, 6.07) is 14.8. The average Bonchev–Trinajstić information content (AvgIpc) is 2.73. The maximum Gasteiger partial charge on any atom is 0.338 e. The van der Waals surface area contributed by atoms with Gasteiger partial charge in [0, 0.05) is 44.2 Å². The second-order valence-corrected chi connectivity index (χ2v) is 7.16. The summed E-state index contributed by atoms with van der Waals surface area (Å²) in [5.74, 6) is -0.870. The molecule has 0 radical (unpaired) electrons. The van der Waals surface area contributed by atoms with Crippen molar-refractivity contribution in [2.45, 2.75) is 19.3 Å². The summed E-state index contributed by atoms with van der Waals surface area (Å²) in [6.45, 7) is 1.84. The molecule has 6 heteroatoms. The molecule has 148 valence electrons. The third-order valence-electron chi connectivity index (χ3n) is 4.83. The van der Waals surface area contributed by atoms with Gasteiger partial charge in [0.05, 0.1) is 5.56 Å². The Labute approximate surface area is 166 Å². The smallest absolute Gasteiger partial charge is 0.338 e. The number of anilines is 3. The zero-order valence-electron chi connectivity index (χ0n) is 16.5. The third kappa shape index (κ3) is 5.25. The normalized spacial score (nSPS) is 13.7. The first-order chi connectivity index (χ1) is 13.5. The first-order valence-electron chi connectivity index (χ1n) is 9.62. The molecule has 0 aliphatic carbocycles. The molecule has 1 aliphatic heterocycles. The number of rotatable bonds is 6. The lowest BCUT2D eigenvalue weighted by atomic mass is 10.1. The number of esters is 1. The first-order valence-corrected chi connectivity index (χ1v) is 9.62. The predicted molar refractivity (Wildman–Crippen MR) is 112 cm³/mol. The van der Waals surface area contributed by atoms with Crippen LogP contribution in [0.5, 0.6) is 0 Å². The number of nitrogens with one attached hydrogen (secondary N) is 1.